The van der Waals surface area contributed by atoms with Crippen molar-refractivity contribution in [1.82, 2.24) is 15.6 Å². The Labute approximate surface area is 103 Å². The van der Waals surface area contributed by atoms with Crippen molar-refractivity contribution in [3.63, 3.8) is 0 Å². The minimum atomic E-state index is -0.0194. The van der Waals surface area contributed by atoms with Gasteiger partial charge in [0.05, 0.1) is 6.04 Å². The van der Waals surface area contributed by atoms with Crippen LogP contribution >= 0.6 is 0 Å². The first kappa shape index (κ1) is 13.6. The van der Waals surface area contributed by atoms with Crippen molar-refractivity contribution in [1.29, 1.82) is 0 Å². The first-order valence-corrected chi connectivity index (χ1v) is 6.06. The number of rotatable bonds is 6. The summed E-state index contributed by atoms with van der Waals surface area (Å²) in [5, 5.41) is 6.15. The molecular formula is C13H21N3O. The number of nitrogens with one attached hydrogen (secondary N) is 2. The molecule has 0 radical (unpaired) electrons. The van der Waals surface area contributed by atoms with E-state index in [2.05, 4.69) is 15.6 Å². The van der Waals surface area contributed by atoms with E-state index < -0.39 is 0 Å². The average molecular weight is 235 g/mol. The average Bonchev–Trinajstić information content (AvgIpc) is 2.36. The molecule has 1 rings (SSSR count). The SMILES string of the molecule is CCNCC(C)C(=O)NC(C)c1cccnc1. The maximum absolute atomic E-state index is 11.9. The van der Waals surface area contributed by atoms with Gasteiger partial charge >= 0.3 is 0 Å². The Hall–Kier alpha value is -1.42. The third-order valence-corrected chi connectivity index (χ3v) is 2.69. The van der Waals surface area contributed by atoms with Gasteiger partial charge in [-0.25, -0.2) is 0 Å². The summed E-state index contributed by atoms with van der Waals surface area (Å²) in [7, 11) is 0. The lowest BCUT2D eigenvalue weighted by Gasteiger charge is -2.17. The van der Waals surface area contributed by atoms with Gasteiger partial charge in [0.25, 0.3) is 0 Å². The molecule has 17 heavy (non-hydrogen) atoms. The summed E-state index contributed by atoms with van der Waals surface area (Å²) in [5.74, 6) is 0.0522. The van der Waals surface area contributed by atoms with E-state index in [-0.39, 0.29) is 17.9 Å². The molecule has 2 unspecified atom stereocenters. The van der Waals surface area contributed by atoms with Crippen LogP contribution in [0.2, 0.25) is 0 Å². The fourth-order valence-corrected chi connectivity index (χ4v) is 1.52. The van der Waals surface area contributed by atoms with Gasteiger partial charge in [0, 0.05) is 24.9 Å². The maximum Gasteiger partial charge on any atom is 0.224 e. The van der Waals surface area contributed by atoms with E-state index in [1.54, 1.807) is 12.4 Å². The van der Waals surface area contributed by atoms with E-state index in [1.165, 1.54) is 0 Å². The summed E-state index contributed by atoms with van der Waals surface area (Å²) in [5.41, 5.74) is 1.02. The molecule has 0 saturated carbocycles. The summed E-state index contributed by atoms with van der Waals surface area (Å²) in [4.78, 5) is 15.9. The van der Waals surface area contributed by atoms with Crippen molar-refractivity contribution >= 4 is 5.91 Å². The van der Waals surface area contributed by atoms with Gasteiger partial charge in [-0.2, -0.15) is 0 Å². The first-order chi connectivity index (χ1) is 8.15. The third-order valence-electron chi connectivity index (χ3n) is 2.69. The quantitative estimate of drug-likeness (QED) is 0.785. The van der Waals surface area contributed by atoms with Gasteiger partial charge < -0.3 is 10.6 Å². The van der Waals surface area contributed by atoms with Crippen LogP contribution in [0, 0.1) is 5.92 Å². The number of carbonyl (C=O) groups is 1. The minimum Gasteiger partial charge on any atom is -0.349 e. The van der Waals surface area contributed by atoms with E-state index in [1.807, 2.05) is 32.9 Å². The van der Waals surface area contributed by atoms with E-state index in [0.717, 1.165) is 12.1 Å². The fourth-order valence-electron chi connectivity index (χ4n) is 1.52. The molecule has 0 aromatic carbocycles. The molecular weight excluding hydrogens is 214 g/mol. The Morgan fingerprint density at radius 3 is 2.82 bits per heavy atom. The van der Waals surface area contributed by atoms with Crippen LogP contribution in [0.25, 0.3) is 0 Å². The normalized spacial score (nSPS) is 14.1. The Morgan fingerprint density at radius 2 is 2.24 bits per heavy atom. The first-order valence-electron chi connectivity index (χ1n) is 6.06. The predicted octanol–water partition coefficient (Wildman–Crippen LogP) is 1.50. The van der Waals surface area contributed by atoms with Crippen LogP contribution in [0.3, 0.4) is 0 Å². The number of hydrogen-bond acceptors (Lipinski definition) is 3. The number of nitrogens with zero attached hydrogens (tertiary/aromatic N) is 1. The maximum atomic E-state index is 11.9. The summed E-state index contributed by atoms with van der Waals surface area (Å²) < 4.78 is 0. The fraction of sp³-hybridized carbons (Fsp3) is 0.538. The summed E-state index contributed by atoms with van der Waals surface area (Å²) in [6.07, 6.45) is 3.51. The second kappa shape index (κ2) is 7.01. The highest BCUT2D eigenvalue weighted by molar-refractivity contribution is 5.78. The van der Waals surface area contributed by atoms with Crippen molar-refractivity contribution in [3.8, 4) is 0 Å². The number of aromatic nitrogens is 1. The molecule has 0 aliphatic carbocycles. The van der Waals surface area contributed by atoms with E-state index in [4.69, 9.17) is 0 Å². The number of hydrogen-bond donors (Lipinski definition) is 2. The second-order valence-electron chi connectivity index (χ2n) is 4.23. The molecule has 2 atom stereocenters. The molecule has 4 heteroatoms. The van der Waals surface area contributed by atoms with E-state index >= 15 is 0 Å². The predicted molar refractivity (Wildman–Crippen MR) is 68.5 cm³/mol. The molecule has 4 nitrogen and oxygen atoms in total. The van der Waals surface area contributed by atoms with Crippen molar-refractivity contribution in [3.05, 3.63) is 30.1 Å². The zero-order valence-corrected chi connectivity index (χ0v) is 10.7. The van der Waals surface area contributed by atoms with Gasteiger partial charge in [-0.3, -0.25) is 9.78 Å². The van der Waals surface area contributed by atoms with Crippen LogP contribution < -0.4 is 10.6 Å². The molecule has 1 aromatic heterocycles. The second-order valence-corrected chi connectivity index (χ2v) is 4.23. The third kappa shape index (κ3) is 4.53. The summed E-state index contributed by atoms with van der Waals surface area (Å²) >= 11 is 0. The molecule has 0 bridgehead atoms. The molecule has 0 aliphatic rings. The van der Waals surface area contributed by atoms with Gasteiger partial charge in [0.15, 0.2) is 0 Å². The van der Waals surface area contributed by atoms with Crippen LogP contribution in [0.5, 0.6) is 0 Å². The topological polar surface area (TPSA) is 54.0 Å². The molecule has 0 aliphatic heterocycles. The Kier molecular flexibility index (Phi) is 5.63. The van der Waals surface area contributed by atoms with Gasteiger partial charge in [-0.15, -0.1) is 0 Å². The van der Waals surface area contributed by atoms with Crippen molar-refractivity contribution in [2.75, 3.05) is 13.1 Å². The molecule has 0 saturated heterocycles. The van der Waals surface area contributed by atoms with Gasteiger partial charge in [0.2, 0.25) is 5.91 Å². The Morgan fingerprint density at radius 1 is 1.47 bits per heavy atom. The summed E-state index contributed by atoms with van der Waals surface area (Å²) in [6, 6.07) is 3.84. The number of amides is 1. The smallest absolute Gasteiger partial charge is 0.224 e. The highest BCUT2D eigenvalue weighted by Gasteiger charge is 2.15. The number of pyridine rings is 1. The van der Waals surface area contributed by atoms with Crippen LogP contribution in [0.1, 0.15) is 32.4 Å². The van der Waals surface area contributed by atoms with Crippen LogP contribution in [-0.4, -0.2) is 24.0 Å². The molecule has 0 fully saturated rings. The monoisotopic (exact) mass is 235 g/mol. The van der Waals surface area contributed by atoms with Crippen molar-refractivity contribution < 1.29 is 4.79 Å². The lowest BCUT2D eigenvalue weighted by Crippen LogP contribution is -2.36. The van der Waals surface area contributed by atoms with Crippen LogP contribution in [0.4, 0.5) is 0 Å². The molecule has 1 aromatic rings. The van der Waals surface area contributed by atoms with E-state index in [9.17, 15) is 4.79 Å². The van der Waals surface area contributed by atoms with Gasteiger partial charge in [0.1, 0.15) is 0 Å². The van der Waals surface area contributed by atoms with Gasteiger partial charge in [-0.05, 0) is 25.1 Å². The highest BCUT2D eigenvalue weighted by Crippen LogP contribution is 2.10. The van der Waals surface area contributed by atoms with E-state index in [0.29, 0.717) is 6.54 Å². The zero-order chi connectivity index (χ0) is 12.7. The van der Waals surface area contributed by atoms with Gasteiger partial charge in [-0.1, -0.05) is 19.9 Å². The van der Waals surface area contributed by atoms with Crippen LogP contribution in [-0.2, 0) is 4.79 Å². The molecule has 1 amide bonds. The molecule has 0 spiro atoms. The lowest BCUT2D eigenvalue weighted by molar-refractivity contribution is -0.125. The number of carbonyl (C=O) groups excluding carboxylic acids is 1. The molecule has 2 N–H and O–H groups in total. The summed E-state index contributed by atoms with van der Waals surface area (Å²) in [6.45, 7) is 7.52. The molecule has 94 valence electrons. The molecule has 1 heterocycles. The Balaban J connectivity index is 2.46. The largest absolute Gasteiger partial charge is 0.349 e. The minimum absolute atomic E-state index is 0.000256. The Bertz CT molecular complexity index is 340. The zero-order valence-electron chi connectivity index (χ0n) is 10.7. The van der Waals surface area contributed by atoms with Crippen molar-refractivity contribution in [2.24, 2.45) is 5.92 Å². The standard InChI is InChI=1S/C13H21N3O/c1-4-14-8-10(2)13(17)16-11(3)12-6-5-7-15-9-12/h5-7,9-11,14H,4,8H2,1-3H3,(H,16,17). The van der Waals surface area contributed by atoms with Crippen molar-refractivity contribution in [2.45, 2.75) is 26.8 Å². The lowest BCUT2D eigenvalue weighted by atomic mass is 10.1. The highest BCUT2D eigenvalue weighted by atomic mass is 16.1. The van der Waals surface area contributed by atoms with Crippen LogP contribution in [0.15, 0.2) is 24.5 Å².